The fourth-order valence-electron chi connectivity index (χ4n) is 2.00. The maximum absolute atomic E-state index is 13.0. The first-order valence-electron chi connectivity index (χ1n) is 5.62. The molecular formula is C13H18F3NO. The van der Waals surface area contributed by atoms with Crippen LogP contribution in [0.3, 0.4) is 0 Å². The summed E-state index contributed by atoms with van der Waals surface area (Å²) in [5, 5.41) is 2.90. The van der Waals surface area contributed by atoms with Crippen LogP contribution in [0.5, 0.6) is 0 Å². The first kappa shape index (κ1) is 15.0. The number of halogens is 3. The van der Waals surface area contributed by atoms with Gasteiger partial charge in [-0.2, -0.15) is 13.2 Å². The van der Waals surface area contributed by atoms with Crippen LogP contribution >= 0.6 is 0 Å². The van der Waals surface area contributed by atoms with Gasteiger partial charge in [0.2, 0.25) is 0 Å². The lowest BCUT2D eigenvalue weighted by atomic mass is 9.88. The zero-order valence-corrected chi connectivity index (χ0v) is 10.9. The van der Waals surface area contributed by atoms with E-state index in [4.69, 9.17) is 4.74 Å². The maximum atomic E-state index is 13.0. The number of nitrogens with one attached hydrogen (secondary N) is 1. The first-order valence-corrected chi connectivity index (χ1v) is 5.62. The molecule has 0 radical (unpaired) electrons. The molecule has 1 unspecified atom stereocenters. The van der Waals surface area contributed by atoms with Crippen molar-refractivity contribution in [2.24, 2.45) is 0 Å². The molecule has 18 heavy (non-hydrogen) atoms. The number of likely N-dealkylation sites (N-methyl/N-ethyl adjacent to an activating group) is 1. The summed E-state index contributed by atoms with van der Waals surface area (Å²) in [6, 6.07) is 5.01. The first-order chi connectivity index (χ1) is 8.24. The SMILES string of the molecule is CNC(c1ccccc1C(F)(F)F)C(C)(C)OC. The Morgan fingerprint density at radius 3 is 2.17 bits per heavy atom. The van der Waals surface area contributed by atoms with Crippen LogP contribution in [0.25, 0.3) is 0 Å². The predicted molar refractivity (Wildman–Crippen MR) is 64.3 cm³/mol. The van der Waals surface area contributed by atoms with E-state index in [2.05, 4.69) is 5.32 Å². The zero-order chi connectivity index (χ0) is 14.0. The lowest BCUT2D eigenvalue weighted by Crippen LogP contribution is -2.40. The zero-order valence-electron chi connectivity index (χ0n) is 10.9. The summed E-state index contributed by atoms with van der Waals surface area (Å²) in [6.07, 6.45) is -4.37. The Balaban J connectivity index is 3.31. The van der Waals surface area contributed by atoms with Gasteiger partial charge in [0, 0.05) is 7.11 Å². The van der Waals surface area contributed by atoms with Crippen molar-refractivity contribution in [3.8, 4) is 0 Å². The molecule has 2 nitrogen and oxygen atoms in total. The van der Waals surface area contributed by atoms with Gasteiger partial charge in [-0.3, -0.25) is 0 Å². The molecule has 1 rings (SSSR count). The Kier molecular flexibility index (Phi) is 4.40. The van der Waals surface area contributed by atoms with Gasteiger partial charge in [0.05, 0.1) is 17.2 Å². The highest BCUT2D eigenvalue weighted by molar-refractivity contribution is 5.34. The van der Waals surface area contributed by atoms with Gasteiger partial charge >= 0.3 is 6.18 Å². The second kappa shape index (κ2) is 5.28. The van der Waals surface area contributed by atoms with Gasteiger partial charge in [0.1, 0.15) is 0 Å². The lowest BCUT2D eigenvalue weighted by molar-refractivity contribution is -0.139. The number of rotatable bonds is 4. The van der Waals surface area contributed by atoms with E-state index in [9.17, 15) is 13.2 Å². The van der Waals surface area contributed by atoms with Crippen molar-refractivity contribution in [3.63, 3.8) is 0 Å². The average molecular weight is 261 g/mol. The van der Waals surface area contributed by atoms with Crippen LogP contribution in [0.4, 0.5) is 13.2 Å². The van der Waals surface area contributed by atoms with Crippen LogP contribution < -0.4 is 5.32 Å². The van der Waals surface area contributed by atoms with E-state index >= 15 is 0 Å². The van der Waals surface area contributed by atoms with E-state index in [1.165, 1.54) is 19.2 Å². The fraction of sp³-hybridized carbons (Fsp3) is 0.538. The minimum absolute atomic E-state index is 0.194. The largest absolute Gasteiger partial charge is 0.416 e. The highest BCUT2D eigenvalue weighted by Crippen LogP contribution is 2.38. The number of methoxy groups -OCH3 is 1. The molecule has 0 spiro atoms. The van der Waals surface area contributed by atoms with Crippen LogP contribution in [0.1, 0.15) is 31.0 Å². The van der Waals surface area contributed by atoms with E-state index in [1.54, 1.807) is 27.0 Å². The molecule has 102 valence electrons. The minimum Gasteiger partial charge on any atom is -0.377 e. The molecule has 0 aliphatic carbocycles. The molecule has 0 amide bonds. The summed E-state index contributed by atoms with van der Waals surface area (Å²) in [5.74, 6) is 0. The second-order valence-corrected chi connectivity index (χ2v) is 4.61. The molecule has 0 bridgehead atoms. The molecule has 1 atom stereocenters. The van der Waals surface area contributed by atoms with Gasteiger partial charge in [-0.1, -0.05) is 18.2 Å². The van der Waals surface area contributed by atoms with Crippen molar-refractivity contribution in [3.05, 3.63) is 35.4 Å². The number of hydrogen-bond donors (Lipinski definition) is 1. The monoisotopic (exact) mass is 261 g/mol. The molecule has 0 aliphatic heterocycles. The van der Waals surface area contributed by atoms with Crippen LogP contribution in [0.15, 0.2) is 24.3 Å². The summed E-state index contributed by atoms with van der Waals surface area (Å²) in [6.45, 7) is 3.50. The van der Waals surface area contributed by atoms with E-state index < -0.39 is 23.4 Å². The van der Waals surface area contributed by atoms with Crippen molar-refractivity contribution in [1.82, 2.24) is 5.32 Å². The Morgan fingerprint density at radius 2 is 1.72 bits per heavy atom. The lowest BCUT2D eigenvalue weighted by Gasteiger charge is -2.34. The third kappa shape index (κ3) is 3.03. The molecule has 0 heterocycles. The van der Waals surface area contributed by atoms with E-state index in [-0.39, 0.29) is 5.56 Å². The molecule has 1 N–H and O–H groups in total. The third-order valence-electron chi connectivity index (χ3n) is 3.09. The standard InChI is InChI=1S/C13H18F3NO/c1-12(2,18-4)11(17-3)9-7-5-6-8-10(9)13(14,15)16/h5-8,11,17H,1-4H3. The highest BCUT2D eigenvalue weighted by atomic mass is 19.4. The van der Waals surface area contributed by atoms with Crippen molar-refractivity contribution >= 4 is 0 Å². The molecule has 5 heteroatoms. The third-order valence-corrected chi connectivity index (χ3v) is 3.09. The van der Waals surface area contributed by atoms with Crippen molar-refractivity contribution in [2.45, 2.75) is 31.7 Å². The molecule has 0 aliphatic rings. The van der Waals surface area contributed by atoms with Crippen LogP contribution in [-0.2, 0) is 10.9 Å². The summed E-state index contributed by atoms with van der Waals surface area (Å²) >= 11 is 0. The average Bonchev–Trinajstić information content (AvgIpc) is 2.29. The number of benzene rings is 1. The summed E-state index contributed by atoms with van der Waals surface area (Å²) in [5.41, 5.74) is -1.18. The van der Waals surface area contributed by atoms with Gasteiger partial charge in [-0.15, -0.1) is 0 Å². The topological polar surface area (TPSA) is 21.3 Å². The fourth-order valence-corrected chi connectivity index (χ4v) is 2.00. The Bertz CT molecular complexity index is 401. The van der Waals surface area contributed by atoms with Gasteiger partial charge in [0.15, 0.2) is 0 Å². The molecule has 1 aromatic carbocycles. The van der Waals surface area contributed by atoms with Crippen LogP contribution in [0.2, 0.25) is 0 Å². The van der Waals surface area contributed by atoms with Crippen LogP contribution in [0, 0.1) is 0 Å². The molecule has 0 saturated heterocycles. The number of hydrogen-bond acceptors (Lipinski definition) is 2. The van der Waals surface area contributed by atoms with Crippen molar-refractivity contribution < 1.29 is 17.9 Å². The quantitative estimate of drug-likeness (QED) is 0.897. The van der Waals surface area contributed by atoms with Gasteiger partial charge in [0.25, 0.3) is 0 Å². The maximum Gasteiger partial charge on any atom is 0.416 e. The summed E-state index contributed by atoms with van der Waals surface area (Å²) in [4.78, 5) is 0. The van der Waals surface area contributed by atoms with E-state index in [0.717, 1.165) is 6.07 Å². The highest BCUT2D eigenvalue weighted by Gasteiger charge is 2.38. The molecule has 0 saturated carbocycles. The summed E-state index contributed by atoms with van der Waals surface area (Å²) in [7, 11) is 3.11. The van der Waals surface area contributed by atoms with Crippen molar-refractivity contribution in [2.75, 3.05) is 14.2 Å². The van der Waals surface area contributed by atoms with E-state index in [1.807, 2.05) is 0 Å². The Morgan fingerprint density at radius 1 is 1.17 bits per heavy atom. The van der Waals surface area contributed by atoms with Gasteiger partial charge in [-0.25, -0.2) is 0 Å². The normalized spacial score (nSPS) is 14.6. The summed E-state index contributed by atoms with van der Waals surface area (Å²) < 4.78 is 44.2. The molecule has 0 fully saturated rings. The number of ether oxygens (including phenoxy) is 1. The second-order valence-electron chi connectivity index (χ2n) is 4.61. The molecule has 0 aromatic heterocycles. The van der Waals surface area contributed by atoms with Gasteiger partial charge in [-0.05, 0) is 32.5 Å². The predicted octanol–water partition coefficient (Wildman–Crippen LogP) is 3.39. The van der Waals surface area contributed by atoms with E-state index in [0.29, 0.717) is 0 Å². The smallest absolute Gasteiger partial charge is 0.377 e. The Labute approximate surface area is 105 Å². The minimum atomic E-state index is -4.37. The Hall–Kier alpha value is -1.07. The van der Waals surface area contributed by atoms with Crippen LogP contribution in [-0.4, -0.2) is 19.8 Å². The van der Waals surface area contributed by atoms with Crippen molar-refractivity contribution in [1.29, 1.82) is 0 Å². The molecular weight excluding hydrogens is 243 g/mol. The van der Waals surface area contributed by atoms with Gasteiger partial charge < -0.3 is 10.1 Å². The molecule has 1 aromatic rings. The number of alkyl halides is 3.